The Bertz CT molecular complexity index is 670. The molecule has 1 aliphatic rings. The number of amidine groups is 1. The highest BCUT2D eigenvalue weighted by Crippen LogP contribution is 2.32. The van der Waals surface area contributed by atoms with Gasteiger partial charge in [-0.15, -0.1) is 4.40 Å². The van der Waals surface area contributed by atoms with Gasteiger partial charge < -0.3 is 15.8 Å². The number of anilines is 1. The summed E-state index contributed by atoms with van der Waals surface area (Å²) in [6.45, 7) is 2.25. The summed E-state index contributed by atoms with van der Waals surface area (Å²) in [4.78, 5) is 10.8. The van der Waals surface area contributed by atoms with E-state index in [-0.39, 0.29) is 15.8 Å². The molecule has 3 N–H and O–H groups in total. The van der Waals surface area contributed by atoms with Crippen LogP contribution < -0.4 is 15.8 Å². The zero-order valence-electron chi connectivity index (χ0n) is 10.6. The van der Waals surface area contributed by atoms with Crippen molar-refractivity contribution >= 4 is 38.5 Å². The van der Waals surface area contributed by atoms with E-state index in [1.165, 1.54) is 6.07 Å². The van der Waals surface area contributed by atoms with Crippen LogP contribution in [0.5, 0.6) is 5.75 Å². The van der Waals surface area contributed by atoms with Crippen LogP contribution in [0.4, 0.5) is 5.69 Å². The molecule has 7 nitrogen and oxygen atoms in total. The molecule has 1 aliphatic heterocycles. The molecule has 0 saturated carbocycles. The summed E-state index contributed by atoms with van der Waals surface area (Å²) in [7, 11) is -3.81. The number of rotatable bonds is 4. The number of primary amides is 1. The van der Waals surface area contributed by atoms with Gasteiger partial charge in [-0.1, -0.05) is 11.8 Å². The molecule has 2 rings (SSSR count). The lowest BCUT2D eigenvalue weighted by Gasteiger charge is -2.18. The SMILES string of the molecule is CCOc1ccc2c(c1)S(=O)(=O)N=C(SCC(N)=O)N2. The summed E-state index contributed by atoms with van der Waals surface area (Å²) >= 11 is 0.940. The standard InChI is InChI=1S/C11H13N3O4S2/c1-2-18-7-3-4-8-9(5-7)20(16,17)14-11(13-8)19-6-10(12)15/h3-5H,2,6H2,1H3,(H2,12,15)(H,13,14). The molecule has 0 aliphatic carbocycles. The van der Waals surface area contributed by atoms with Crippen molar-refractivity contribution in [3.8, 4) is 5.75 Å². The number of carbonyl (C=O) groups is 1. The van der Waals surface area contributed by atoms with E-state index in [9.17, 15) is 13.2 Å². The Morgan fingerprint density at radius 3 is 2.90 bits per heavy atom. The van der Waals surface area contributed by atoms with Crippen LogP contribution in [0.3, 0.4) is 0 Å². The maximum atomic E-state index is 12.1. The molecule has 0 spiro atoms. The van der Waals surface area contributed by atoms with E-state index in [0.717, 1.165) is 11.8 Å². The average molecular weight is 315 g/mol. The number of hydrogen-bond acceptors (Lipinski definition) is 6. The minimum Gasteiger partial charge on any atom is -0.494 e. The van der Waals surface area contributed by atoms with Gasteiger partial charge in [0.15, 0.2) is 5.17 Å². The summed E-state index contributed by atoms with van der Waals surface area (Å²) in [6, 6.07) is 4.67. The van der Waals surface area contributed by atoms with Crippen molar-refractivity contribution in [2.75, 3.05) is 17.7 Å². The Morgan fingerprint density at radius 1 is 1.50 bits per heavy atom. The van der Waals surface area contributed by atoms with Crippen molar-refractivity contribution in [1.29, 1.82) is 0 Å². The first-order valence-electron chi connectivity index (χ1n) is 5.72. The third kappa shape index (κ3) is 3.23. The number of nitrogens with zero attached hydrogens (tertiary/aromatic N) is 1. The topological polar surface area (TPSA) is 111 Å². The molecular formula is C11H13N3O4S2. The Kier molecular flexibility index (Phi) is 4.19. The Hall–Kier alpha value is -1.74. The number of sulfonamides is 1. The second-order valence-corrected chi connectivity index (χ2v) is 6.38. The summed E-state index contributed by atoms with van der Waals surface area (Å²) < 4.78 is 33.0. The predicted molar refractivity (Wildman–Crippen MR) is 77.5 cm³/mol. The number of nitrogens with one attached hydrogen (secondary N) is 1. The number of carbonyl (C=O) groups excluding carboxylic acids is 1. The molecule has 0 radical (unpaired) electrons. The molecule has 1 amide bonds. The van der Waals surface area contributed by atoms with E-state index in [4.69, 9.17) is 10.5 Å². The van der Waals surface area contributed by atoms with Gasteiger partial charge in [-0.05, 0) is 19.1 Å². The van der Waals surface area contributed by atoms with Crippen molar-refractivity contribution < 1.29 is 17.9 Å². The molecule has 0 saturated heterocycles. The normalized spacial score (nSPS) is 15.8. The van der Waals surface area contributed by atoms with Crippen molar-refractivity contribution in [3.05, 3.63) is 18.2 Å². The summed E-state index contributed by atoms with van der Waals surface area (Å²) in [6.07, 6.45) is 0. The van der Waals surface area contributed by atoms with Crippen LogP contribution in [0.15, 0.2) is 27.5 Å². The fourth-order valence-electron chi connectivity index (χ4n) is 1.57. The smallest absolute Gasteiger partial charge is 0.286 e. The fraction of sp³-hybridized carbons (Fsp3) is 0.273. The molecule has 108 valence electrons. The highest BCUT2D eigenvalue weighted by atomic mass is 32.2. The lowest BCUT2D eigenvalue weighted by Crippen LogP contribution is -2.22. The third-order valence-electron chi connectivity index (χ3n) is 2.34. The van der Waals surface area contributed by atoms with Crippen LogP contribution in [0.25, 0.3) is 0 Å². The average Bonchev–Trinajstić information content (AvgIpc) is 2.37. The van der Waals surface area contributed by atoms with E-state index in [2.05, 4.69) is 9.71 Å². The molecule has 0 aromatic heterocycles. The van der Waals surface area contributed by atoms with Crippen molar-refractivity contribution in [2.45, 2.75) is 11.8 Å². The van der Waals surface area contributed by atoms with Crippen molar-refractivity contribution in [1.82, 2.24) is 0 Å². The van der Waals surface area contributed by atoms with Crippen LogP contribution >= 0.6 is 11.8 Å². The molecule has 0 fully saturated rings. The first-order valence-corrected chi connectivity index (χ1v) is 8.15. The van der Waals surface area contributed by atoms with Gasteiger partial charge in [0.05, 0.1) is 18.0 Å². The highest BCUT2D eigenvalue weighted by molar-refractivity contribution is 8.15. The maximum absolute atomic E-state index is 12.1. The monoisotopic (exact) mass is 315 g/mol. The molecule has 0 unspecified atom stereocenters. The fourth-order valence-corrected chi connectivity index (χ4v) is 3.56. The molecule has 0 bridgehead atoms. The third-order valence-corrected chi connectivity index (χ3v) is 4.67. The lowest BCUT2D eigenvalue weighted by atomic mass is 10.3. The Labute approximate surface area is 120 Å². The highest BCUT2D eigenvalue weighted by Gasteiger charge is 2.26. The van der Waals surface area contributed by atoms with E-state index >= 15 is 0 Å². The Morgan fingerprint density at radius 2 is 2.25 bits per heavy atom. The number of hydrogen-bond donors (Lipinski definition) is 2. The largest absolute Gasteiger partial charge is 0.494 e. The molecule has 9 heteroatoms. The summed E-state index contributed by atoms with van der Waals surface area (Å²) in [5.41, 5.74) is 5.42. The molecule has 1 heterocycles. The number of fused-ring (bicyclic) bond motifs is 1. The minimum absolute atomic E-state index is 0.0479. The van der Waals surface area contributed by atoms with Gasteiger partial charge in [0.1, 0.15) is 10.6 Å². The van der Waals surface area contributed by atoms with Gasteiger partial charge in [-0.2, -0.15) is 8.42 Å². The lowest BCUT2D eigenvalue weighted by molar-refractivity contribution is -0.115. The molecular weight excluding hydrogens is 302 g/mol. The second kappa shape index (κ2) is 5.71. The summed E-state index contributed by atoms with van der Waals surface area (Å²) in [5, 5.41) is 2.97. The predicted octanol–water partition coefficient (Wildman–Crippen LogP) is 0.774. The van der Waals surface area contributed by atoms with Crippen LogP contribution in [0.1, 0.15) is 6.92 Å². The van der Waals surface area contributed by atoms with E-state index in [1.54, 1.807) is 12.1 Å². The van der Waals surface area contributed by atoms with Crippen LogP contribution in [0, 0.1) is 0 Å². The first-order chi connectivity index (χ1) is 9.42. The van der Waals surface area contributed by atoms with Crippen LogP contribution in [-0.2, 0) is 14.8 Å². The van der Waals surface area contributed by atoms with Crippen LogP contribution in [0.2, 0.25) is 0 Å². The van der Waals surface area contributed by atoms with E-state index < -0.39 is 15.9 Å². The number of amides is 1. The molecule has 1 aromatic rings. The van der Waals surface area contributed by atoms with Crippen LogP contribution in [-0.4, -0.2) is 31.9 Å². The Balaban J connectivity index is 2.31. The first kappa shape index (κ1) is 14.7. The van der Waals surface area contributed by atoms with E-state index in [0.29, 0.717) is 18.0 Å². The van der Waals surface area contributed by atoms with Gasteiger partial charge in [-0.25, -0.2) is 0 Å². The van der Waals surface area contributed by atoms with Gasteiger partial charge in [0.2, 0.25) is 5.91 Å². The van der Waals surface area contributed by atoms with Crippen molar-refractivity contribution in [2.24, 2.45) is 10.1 Å². The van der Waals surface area contributed by atoms with Crippen molar-refractivity contribution in [3.63, 3.8) is 0 Å². The molecule has 0 atom stereocenters. The van der Waals surface area contributed by atoms with E-state index in [1.807, 2.05) is 6.92 Å². The molecule has 20 heavy (non-hydrogen) atoms. The number of nitrogens with two attached hydrogens (primary N) is 1. The zero-order valence-corrected chi connectivity index (χ0v) is 12.3. The number of ether oxygens (including phenoxy) is 1. The minimum atomic E-state index is -3.81. The van der Waals surface area contributed by atoms with Gasteiger partial charge in [0.25, 0.3) is 10.0 Å². The van der Waals surface area contributed by atoms with Gasteiger partial charge >= 0.3 is 0 Å². The van der Waals surface area contributed by atoms with Gasteiger partial charge in [-0.3, -0.25) is 4.79 Å². The second-order valence-electron chi connectivity index (χ2n) is 3.84. The van der Waals surface area contributed by atoms with Gasteiger partial charge in [0, 0.05) is 6.07 Å². The number of benzene rings is 1. The quantitative estimate of drug-likeness (QED) is 0.849. The summed E-state index contributed by atoms with van der Waals surface area (Å²) in [5.74, 6) is -0.136. The maximum Gasteiger partial charge on any atom is 0.286 e. The zero-order chi connectivity index (χ0) is 14.8. The molecule has 1 aromatic carbocycles. The number of thioether (sulfide) groups is 1.